The average molecular weight is 424 g/mol. The van der Waals surface area contributed by atoms with Crippen molar-refractivity contribution in [3.8, 4) is 0 Å². The molecule has 3 aromatic rings. The SMILES string of the molecule is O=C(NCC1CC1)c1cc2scc(Br)c2n1Cc1cccc(Cl)c1. The third-order valence-corrected chi connectivity index (χ3v) is 6.35. The first-order valence-corrected chi connectivity index (χ1v) is 9.96. The van der Waals surface area contributed by atoms with Gasteiger partial charge in [0.1, 0.15) is 5.69 Å². The van der Waals surface area contributed by atoms with Gasteiger partial charge in [-0.05, 0) is 58.5 Å². The summed E-state index contributed by atoms with van der Waals surface area (Å²) in [6.45, 7) is 1.39. The number of nitrogens with one attached hydrogen (secondary N) is 1. The topological polar surface area (TPSA) is 34.0 Å². The summed E-state index contributed by atoms with van der Waals surface area (Å²) in [7, 11) is 0. The molecule has 0 atom stereocenters. The molecule has 0 aliphatic heterocycles. The van der Waals surface area contributed by atoms with Gasteiger partial charge in [-0.3, -0.25) is 4.79 Å². The number of carbonyl (C=O) groups excluding carboxylic acids is 1. The minimum atomic E-state index is -0.000715. The van der Waals surface area contributed by atoms with Crippen LogP contribution in [0.3, 0.4) is 0 Å². The minimum Gasteiger partial charge on any atom is -0.350 e. The van der Waals surface area contributed by atoms with E-state index in [1.54, 1.807) is 11.3 Å². The number of halogens is 2. The van der Waals surface area contributed by atoms with Crippen LogP contribution in [0.2, 0.25) is 5.02 Å². The zero-order chi connectivity index (χ0) is 16.7. The molecule has 0 unspecified atom stereocenters. The van der Waals surface area contributed by atoms with E-state index < -0.39 is 0 Å². The maximum Gasteiger partial charge on any atom is 0.267 e. The molecule has 2 aromatic heterocycles. The third-order valence-electron chi connectivity index (χ3n) is 4.29. The second kappa shape index (κ2) is 6.54. The number of benzene rings is 1. The van der Waals surface area contributed by atoms with Gasteiger partial charge < -0.3 is 9.88 Å². The Balaban J connectivity index is 1.71. The summed E-state index contributed by atoms with van der Waals surface area (Å²) in [5, 5.41) is 5.84. The number of hydrogen-bond donors (Lipinski definition) is 1. The van der Waals surface area contributed by atoms with Crippen molar-refractivity contribution in [2.45, 2.75) is 19.4 Å². The largest absolute Gasteiger partial charge is 0.350 e. The van der Waals surface area contributed by atoms with Crippen LogP contribution < -0.4 is 5.32 Å². The monoisotopic (exact) mass is 422 g/mol. The number of nitrogens with zero attached hydrogens (tertiary/aromatic N) is 1. The highest BCUT2D eigenvalue weighted by Gasteiger charge is 2.24. The fraction of sp³-hybridized carbons (Fsp3) is 0.278. The summed E-state index contributed by atoms with van der Waals surface area (Å²) in [5.74, 6) is 0.664. The fourth-order valence-electron chi connectivity index (χ4n) is 2.85. The van der Waals surface area contributed by atoms with Crippen LogP contribution in [0.25, 0.3) is 10.2 Å². The van der Waals surface area contributed by atoms with Crippen LogP contribution >= 0.6 is 38.9 Å². The Morgan fingerprint density at radius 1 is 1.38 bits per heavy atom. The van der Waals surface area contributed by atoms with E-state index in [-0.39, 0.29) is 5.91 Å². The lowest BCUT2D eigenvalue weighted by atomic mass is 10.2. The average Bonchev–Trinajstić information content (AvgIpc) is 3.22. The molecule has 124 valence electrons. The van der Waals surface area contributed by atoms with E-state index >= 15 is 0 Å². The van der Waals surface area contributed by atoms with Gasteiger partial charge >= 0.3 is 0 Å². The number of thiophene rings is 1. The molecule has 1 fully saturated rings. The van der Waals surface area contributed by atoms with Crippen molar-refractivity contribution in [3.05, 3.63) is 56.5 Å². The first kappa shape index (κ1) is 16.2. The molecule has 0 saturated heterocycles. The molecule has 2 heterocycles. The van der Waals surface area contributed by atoms with Crippen LogP contribution in [-0.4, -0.2) is 17.0 Å². The molecule has 1 amide bonds. The normalized spacial score (nSPS) is 14.2. The first-order chi connectivity index (χ1) is 11.6. The zero-order valence-corrected chi connectivity index (χ0v) is 16.0. The minimum absolute atomic E-state index is 0.000715. The predicted octanol–water partition coefficient (Wildman–Crippen LogP) is 5.31. The molecule has 1 aromatic carbocycles. The quantitative estimate of drug-likeness (QED) is 0.593. The number of amides is 1. The van der Waals surface area contributed by atoms with Crippen molar-refractivity contribution in [2.24, 2.45) is 5.92 Å². The molecule has 1 aliphatic rings. The van der Waals surface area contributed by atoms with Gasteiger partial charge in [0, 0.05) is 23.5 Å². The van der Waals surface area contributed by atoms with Gasteiger partial charge in [-0.1, -0.05) is 23.7 Å². The highest BCUT2D eigenvalue weighted by atomic mass is 79.9. The van der Waals surface area contributed by atoms with E-state index in [9.17, 15) is 4.79 Å². The van der Waals surface area contributed by atoms with Gasteiger partial charge in [0.25, 0.3) is 5.91 Å². The molecule has 0 radical (unpaired) electrons. The second-order valence-corrected chi connectivity index (χ2v) is 8.40. The maximum absolute atomic E-state index is 12.7. The molecule has 24 heavy (non-hydrogen) atoms. The van der Waals surface area contributed by atoms with Gasteiger partial charge in [0.15, 0.2) is 0 Å². The maximum atomic E-state index is 12.7. The first-order valence-electron chi connectivity index (χ1n) is 7.90. The summed E-state index contributed by atoms with van der Waals surface area (Å²) in [5.41, 5.74) is 2.85. The Morgan fingerprint density at radius 3 is 2.96 bits per heavy atom. The predicted molar refractivity (Wildman–Crippen MR) is 103 cm³/mol. The van der Waals surface area contributed by atoms with E-state index in [0.29, 0.717) is 23.2 Å². The molecule has 0 spiro atoms. The van der Waals surface area contributed by atoms with Crippen LogP contribution in [-0.2, 0) is 6.54 Å². The van der Waals surface area contributed by atoms with Crippen molar-refractivity contribution in [3.63, 3.8) is 0 Å². The fourth-order valence-corrected chi connectivity index (χ4v) is 4.76. The lowest BCUT2D eigenvalue weighted by molar-refractivity contribution is 0.0943. The Kier molecular flexibility index (Phi) is 4.41. The standard InChI is InChI=1S/C18H16BrClN2OS/c19-14-10-24-16-7-15(18(23)21-8-11-4-5-11)22(17(14)16)9-12-2-1-3-13(20)6-12/h1-3,6-7,10-11H,4-5,8-9H2,(H,21,23). The van der Waals surface area contributed by atoms with E-state index in [1.807, 2.05) is 30.3 Å². The summed E-state index contributed by atoms with van der Waals surface area (Å²) in [6.07, 6.45) is 2.45. The van der Waals surface area contributed by atoms with Gasteiger partial charge in [-0.2, -0.15) is 0 Å². The van der Waals surface area contributed by atoms with E-state index in [2.05, 4.69) is 31.2 Å². The van der Waals surface area contributed by atoms with Gasteiger partial charge in [-0.15, -0.1) is 11.3 Å². The molecule has 0 bridgehead atoms. The lowest BCUT2D eigenvalue weighted by Gasteiger charge is -2.11. The summed E-state index contributed by atoms with van der Waals surface area (Å²) in [4.78, 5) is 12.7. The molecular weight excluding hydrogens is 408 g/mol. The van der Waals surface area contributed by atoms with Crippen molar-refractivity contribution < 1.29 is 4.79 Å². The molecule has 3 nitrogen and oxygen atoms in total. The van der Waals surface area contributed by atoms with Crippen LogP contribution in [0.4, 0.5) is 0 Å². The number of rotatable bonds is 5. The van der Waals surface area contributed by atoms with Crippen LogP contribution in [0, 0.1) is 5.92 Å². The van der Waals surface area contributed by atoms with E-state index in [1.165, 1.54) is 12.8 Å². The van der Waals surface area contributed by atoms with E-state index in [0.717, 1.165) is 26.8 Å². The van der Waals surface area contributed by atoms with Crippen LogP contribution in [0.15, 0.2) is 40.2 Å². The van der Waals surface area contributed by atoms with Crippen molar-refractivity contribution >= 4 is 55.0 Å². The van der Waals surface area contributed by atoms with Crippen molar-refractivity contribution in [1.29, 1.82) is 0 Å². The lowest BCUT2D eigenvalue weighted by Crippen LogP contribution is -2.27. The number of fused-ring (bicyclic) bond motifs is 1. The molecule has 1 N–H and O–H groups in total. The molecule has 6 heteroatoms. The number of carbonyl (C=O) groups is 1. The number of hydrogen-bond acceptors (Lipinski definition) is 2. The van der Waals surface area contributed by atoms with Crippen LogP contribution in [0.1, 0.15) is 28.9 Å². The summed E-state index contributed by atoms with van der Waals surface area (Å²) < 4.78 is 4.20. The summed E-state index contributed by atoms with van der Waals surface area (Å²) >= 11 is 11.4. The Labute approximate surface area is 157 Å². The van der Waals surface area contributed by atoms with Crippen molar-refractivity contribution in [2.75, 3.05) is 6.54 Å². The van der Waals surface area contributed by atoms with Gasteiger partial charge in [0.05, 0.1) is 14.7 Å². The Morgan fingerprint density at radius 2 is 2.21 bits per heavy atom. The number of aromatic nitrogens is 1. The second-order valence-electron chi connectivity index (χ2n) is 6.20. The van der Waals surface area contributed by atoms with E-state index in [4.69, 9.17) is 11.6 Å². The smallest absolute Gasteiger partial charge is 0.267 e. The summed E-state index contributed by atoms with van der Waals surface area (Å²) in [6, 6.07) is 9.76. The molecule has 1 aliphatic carbocycles. The molecule has 1 saturated carbocycles. The molecular formula is C18H16BrClN2OS. The Hall–Kier alpha value is -1.30. The third kappa shape index (κ3) is 3.25. The molecule has 4 rings (SSSR count). The van der Waals surface area contributed by atoms with Gasteiger partial charge in [-0.25, -0.2) is 0 Å². The van der Waals surface area contributed by atoms with Gasteiger partial charge in [0.2, 0.25) is 0 Å². The highest BCUT2D eigenvalue weighted by molar-refractivity contribution is 9.10. The Bertz CT molecular complexity index is 913. The van der Waals surface area contributed by atoms with Crippen molar-refractivity contribution in [1.82, 2.24) is 9.88 Å². The van der Waals surface area contributed by atoms with Crippen LogP contribution in [0.5, 0.6) is 0 Å². The highest BCUT2D eigenvalue weighted by Crippen LogP contribution is 2.34. The zero-order valence-electron chi connectivity index (χ0n) is 12.9.